The molecule has 1 aromatic rings. The predicted molar refractivity (Wildman–Crippen MR) is 70.9 cm³/mol. The van der Waals surface area contributed by atoms with Gasteiger partial charge in [0.1, 0.15) is 5.75 Å². The van der Waals surface area contributed by atoms with Crippen molar-refractivity contribution in [2.45, 2.75) is 39.5 Å². The fourth-order valence-electron chi connectivity index (χ4n) is 1.94. The minimum Gasteiger partial charge on any atom is -0.497 e. The molecule has 1 rings (SSSR count). The summed E-state index contributed by atoms with van der Waals surface area (Å²) >= 11 is 0. The Bertz CT molecular complexity index is 352. The molecule has 0 aliphatic carbocycles. The van der Waals surface area contributed by atoms with Gasteiger partial charge in [-0.25, -0.2) is 0 Å². The van der Waals surface area contributed by atoms with E-state index < -0.39 is 0 Å². The smallest absolute Gasteiger partial charge is 0.119 e. The second-order valence-corrected chi connectivity index (χ2v) is 4.13. The highest BCUT2D eigenvalue weighted by molar-refractivity contribution is 5.67. The van der Waals surface area contributed by atoms with Crippen LogP contribution in [-0.2, 0) is 6.42 Å². The zero-order valence-electron chi connectivity index (χ0n) is 10.7. The molecule has 0 saturated heterocycles. The lowest BCUT2D eigenvalue weighted by molar-refractivity contribution is 0.414. The molecule has 0 saturated carbocycles. The molecular weight excluding hydrogens is 196 g/mol. The predicted octanol–water partition coefficient (Wildman–Crippen LogP) is 4.46. The van der Waals surface area contributed by atoms with Gasteiger partial charge in [-0.15, -0.1) is 0 Å². The lowest BCUT2D eigenvalue weighted by Gasteiger charge is -2.12. The van der Waals surface area contributed by atoms with Gasteiger partial charge in [-0.05, 0) is 41.7 Å². The zero-order valence-corrected chi connectivity index (χ0v) is 10.7. The topological polar surface area (TPSA) is 9.23 Å². The summed E-state index contributed by atoms with van der Waals surface area (Å²) in [5.74, 6) is 0.923. The van der Waals surface area contributed by atoms with E-state index in [-0.39, 0.29) is 0 Å². The molecule has 0 N–H and O–H groups in total. The highest BCUT2D eigenvalue weighted by Gasteiger charge is 2.06. The van der Waals surface area contributed by atoms with Gasteiger partial charge in [-0.1, -0.05) is 39.3 Å². The number of allylic oxidation sites excluding steroid dienone is 1. The Morgan fingerprint density at radius 1 is 1.25 bits per heavy atom. The number of aryl methyl sites for hydroxylation is 1. The minimum absolute atomic E-state index is 0.923. The van der Waals surface area contributed by atoms with Crippen LogP contribution in [0.25, 0.3) is 5.57 Å². The number of benzene rings is 1. The summed E-state index contributed by atoms with van der Waals surface area (Å²) in [6.07, 6.45) is 4.48. The van der Waals surface area contributed by atoms with Crippen molar-refractivity contribution in [1.29, 1.82) is 0 Å². The molecule has 0 fully saturated rings. The highest BCUT2D eigenvalue weighted by Crippen LogP contribution is 2.27. The maximum Gasteiger partial charge on any atom is 0.119 e. The maximum atomic E-state index is 5.28. The molecule has 0 spiro atoms. The molecule has 1 nitrogen and oxygen atoms in total. The Kier molecular flexibility index (Phi) is 5.10. The van der Waals surface area contributed by atoms with Crippen LogP contribution in [0.1, 0.15) is 44.2 Å². The van der Waals surface area contributed by atoms with Crippen LogP contribution >= 0.6 is 0 Å². The summed E-state index contributed by atoms with van der Waals surface area (Å²) in [5.41, 5.74) is 3.90. The average molecular weight is 218 g/mol. The summed E-state index contributed by atoms with van der Waals surface area (Å²) in [4.78, 5) is 0. The van der Waals surface area contributed by atoms with E-state index in [1.54, 1.807) is 7.11 Å². The normalized spacial score (nSPS) is 10.2. The Balaban J connectivity index is 3.04. The lowest BCUT2D eigenvalue weighted by Crippen LogP contribution is -1.95. The van der Waals surface area contributed by atoms with Gasteiger partial charge in [0.15, 0.2) is 0 Å². The SMILES string of the molecule is C=C(CCC)c1cc(OC)ccc1CCC. The zero-order chi connectivity index (χ0) is 12.0. The molecule has 0 bridgehead atoms. The van der Waals surface area contributed by atoms with Gasteiger partial charge in [0.05, 0.1) is 7.11 Å². The molecule has 0 heterocycles. The van der Waals surface area contributed by atoms with E-state index in [4.69, 9.17) is 4.74 Å². The Hall–Kier alpha value is -1.24. The monoisotopic (exact) mass is 218 g/mol. The fourth-order valence-corrected chi connectivity index (χ4v) is 1.94. The van der Waals surface area contributed by atoms with Crippen LogP contribution in [0.15, 0.2) is 24.8 Å². The molecule has 0 aromatic heterocycles. The highest BCUT2D eigenvalue weighted by atomic mass is 16.5. The van der Waals surface area contributed by atoms with Crippen LogP contribution in [0.5, 0.6) is 5.75 Å². The van der Waals surface area contributed by atoms with Crippen LogP contribution in [0, 0.1) is 0 Å². The van der Waals surface area contributed by atoms with Crippen LogP contribution < -0.4 is 4.74 Å². The van der Waals surface area contributed by atoms with Crippen molar-refractivity contribution in [3.8, 4) is 5.75 Å². The largest absolute Gasteiger partial charge is 0.497 e. The van der Waals surface area contributed by atoms with E-state index in [9.17, 15) is 0 Å². The summed E-state index contributed by atoms with van der Waals surface area (Å²) in [7, 11) is 1.71. The Morgan fingerprint density at radius 2 is 2.00 bits per heavy atom. The Labute approximate surface area is 99.1 Å². The fraction of sp³-hybridized carbons (Fsp3) is 0.467. The van der Waals surface area contributed by atoms with Gasteiger partial charge in [-0.2, -0.15) is 0 Å². The number of rotatable bonds is 6. The summed E-state index contributed by atoms with van der Waals surface area (Å²) < 4.78 is 5.28. The third-order valence-electron chi connectivity index (χ3n) is 2.77. The molecule has 0 amide bonds. The number of hydrogen-bond donors (Lipinski definition) is 0. The summed E-state index contributed by atoms with van der Waals surface area (Å²) in [6, 6.07) is 6.31. The molecule has 0 aliphatic rings. The molecule has 0 aliphatic heterocycles. The molecule has 1 heteroatoms. The van der Waals surface area contributed by atoms with Gasteiger partial charge < -0.3 is 4.74 Å². The van der Waals surface area contributed by atoms with E-state index in [2.05, 4.69) is 32.6 Å². The van der Waals surface area contributed by atoms with Crippen LogP contribution in [0.4, 0.5) is 0 Å². The Morgan fingerprint density at radius 3 is 2.56 bits per heavy atom. The van der Waals surface area contributed by atoms with E-state index in [1.807, 2.05) is 6.07 Å². The van der Waals surface area contributed by atoms with E-state index >= 15 is 0 Å². The number of ether oxygens (including phenoxy) is 1. The first-order valence-electron chi connectivity index (χ1n) is 6.08. The van der Waals surface area contributed by atoms with Crippen molar-refractivity contribution in [2.75, 3.05) is 7.11 Å². The molecule has 1 aromatic carbocycles. The van der Waals surface area contributed by atoms with Crippen molar-refractivity contribution in [3.05, 3.63) is 35.9 Å². The van der Waals surface area contributed by atoms with E-state index in [0.29, 0.717) is 0 Å². The van der Waals surface area contributed by atoms with Crippen molar-refractivity contribution >= 4 is 5.57 Å². The quantitative estimate of drug-likeness (QED) is 0.685. The van der Waals surface area contributed by atoms with Gasteiger partial charge in [-0.3, -0.25) is 0 Å². The third-order valence-corrected chi connectivity index (χ3v) is 2.77. The average Bonchev–Trinajstić information content (AvgIpc) is 2.30. The molecule has 0 radical (unpaired) electrons. The first kappa shape index (κ1) is 12.8. The standard InChI is InChI=1S/C15H22O/c1-5-7-12(3)15-11-14(16-4)10-9-13(15)8-6-2/h9-11H,3,5-8H2,1-2,4H3. The third kappa shape index (κ3) is 3.13. The van der Waals surface area contributed by atoms with Crippen molar-refractivity contribution in [3.63, 3.8) is 0 Å². The molecule has 0 unspecified atom stereocenters. The molecule has 16 heavy (non-hydrogen) atoms. The van der Waals surface area contributed by atoms with Gasteiger partial charge >= 0.3 is 0 Å². The second-order valence-electron chi connectivity index (χ2n) is 4.13. The van der Waals surface area contributed by atoms with Crippen LogP contribution in [-0.4, -0.2) is 7.11 Å². The molecule has 0 atom stereocenters. The summed E-state index contributed by atoms with van der Waals surface area (Å²) in [6.45, 7) is 8.57. The first-order chi connectivity index (χ1) is 7.72. The number of methoxy groups -OCH3 is 1. The van der Waals surface area contributed by atoms with E-state index in [1.165, 1.54) is 23.1 Å². The minimum atomic E-state index is 0.923. The van der Waals surface area contributed by atoms with Crippen molar-refractivity contribution in [2.24, 2.45) is 0 Å². The second kappa shape index (κ2) is 6.37. The molecular formula is C15H22O. The molecule has 88 valence electrons. The number of hydrogen-bond acceptors (Lipinski definition) is 1. The van der Waals surface area contributed by atoms with E-state index in [0.717, 1.165) is 25.0 Å². The summed E-state index contributed by atoms with van der Waals surface area (Å²) in [5, 5.41) is 0. The van der Waals surface area contributed by atoms with Gasteiger partial charge in [0.25, 0.3) is 0 Å². The van der Waals surface area contributed by atoms with Crippen molar-refractivity contribution in [1.82, 2.24) is 0 Å². The maximum absolute atomic E-state index is 5.28. The van der Waals surface area contributed by atoms with Crippen molar-refractivity contribution < 1.29 is 4.74 Å². The van der Waals surface area contributed by atoms with Crippen LogP contribution in [0.3, 0.4) is 0 Å². The van der Waals surface area contributed by atoms with Gasteiger partial charge in [0.2, 0.25) is 0 Å². The van der Waals surface area contributed by atoms with Crippen LogP contribution in [0.2, 0.25) is 0 Å². The lowest BCUT2D eigenvalue weighted by atomic mass is 9.95. The first-order valence-corrected chi connectivity index (χ1v) is 6.08. The van der Waals surface area contributed by atoms with Gasteiger partial charge in [0, 0.05) is 0 Å².